The van der Waals surface area contributed by atoms with Gasteiger partial charge in [-0.3, -0.25) is 9.58 Å². The van der Waals surface area contributed by atoms with Gasteiger partial charge in [0.2, 0.25) is 0 Å². The van der Waals surface area contributed by atoms with E-state index in [-0.39, 0.29) is 12.1 Å². The highest BCUT2D eigenvalue weighted by Crippen LogP contribution is 2.14. The number of likely N-dealkylation sites (N-methyl/N-ethyl adjacent to an activating group) is 2. The van der Waals surface area contributed by atoms with Gasteiger partial charge >= 0.3 is 0 Å². The molecule has 1 aromatic heterocycles. The van der Waals surface area contributed by atoms with E-state index in [2.05, 4.69) is 29.0 Å². The van der Waals surface area contributed by atoms with Gasteiger partial charge < -0.3 is 10.0 Å². The Hall–Kier alpha value is -0.910. The fraction of sp³-hybridized carbons (Fsp3) is 0.769. The maximum Gasteiger partial charge on any atom is 0.0711 e. The molecule has 1 saturated heterocycles. The van der Waals surface area contributed by atoms with E-state index in [1.54, 1.807) is 0 Å². The van der Waals surface area contributed by atoms with E-state index in [1.165, 1.54) is 5.69 Å². The minimum atomic E-state index is -0.271. The lowest BCUT2D eigenvalue weighted by atomic mass is 10.0. The van der Waals surface area contributed by atoms with Crippen LogP contribution in [0.5, 0.6) is 0 Å². The van der Waals surface area contributed by atoms with Crippen molar-refractivity contribution < 1.29 is 5.11 Å². The van der Waals surface area contributed by atoms with E-state index in [1.807, 2.05) is 24.0 Å². The Bertz CT molecular complexity index is 379. The number of piperazine rings is 1. The van der Waals surface area contributed by atoms with Crippen LogP contribution in [0.4, 0.5) is 0 Å². The molecule has 18 heavy (non-hydrogen) atoms. The number of aromatic nitrogens is 2. The molecule has 1 aliphatic rings. The van der Waals surface area contributed by atoms with Gasteiger partial charge in [0.05, 0.1) is 6.10 Å². The molecule has 2 rings (SSSR count). The third-order valence-electron chi connectivity index (χ3n) is 3.96. The van der Waals surface area contributed by atoms with Crippen LogP contribution in [0, 0.1) is 0 Å². The summed E-state index contributed by atoms with van der Waals surface area (Å²) in [4.78, 5) is 4.56. The highest BCUT2D eigenvalue weighted by Gasteiger charge is 2.28. The van der Waals surface area contributed by atoms with Crippen molar-refractivity contribution in [3.05, 3.63) is 18.0 Å². The van der Waals surface area contributed by atoms with Crippen molar-refractivity contribution in [2.75, 3.05) is 33.7 Å². The van der Waals surface area contributed by atoms with Gasteiger partial charge in [0.1, 0.15) is 0 Å². The summed E-state index contributed by atoms with van der Waals surface area (Å²) in [5, 5.41) is 14.5. The Balaban J connectivity index is 1.87. The normalized spacial score (nSPS) is 24.3. The van der Waals surface area contributed by atoms with Gasteiger partial charge in [-0.15, -0.1) is 0 Å². The molecule has 2 heterocycles. The number of hydrogen-bond acceptors (Lipinski definition) is 4. The summed E-state index contributed by atoms with van der Waals surface area (Å²) in [7, 11) is 6.17. The second-order valence-corrected chi connectivity index (χ2v) is 5.36. The van der Waals surface area contributed by atoms with Crippen LogP contribution in [0.15, 0.2) is 12.3 Å². The molecule has 102 valence electrons. The van der Waals surface area contributed by atoms with Crippen LogP contribution in [-0.2, 0) is 13.5 Å². The molecule has 1 N–H and O–H groups in total. The number of aliphatic hydroxyl groups is 1. The number of aryl methyl sites for hydroxylation is 2. The fourth-order valence-electron chi connectivity index (χ4n) is 2.59. The van der Waals surface area contributed by atoms with Crippen molar-refractivity contribution in [2.24, 2.45) is 7.05 Å². The standard InChI is InChI=1S/C13H24N4O/c1-15-8-9-16(2)12(10-15)13(18)5-4-11-6-7-14-17(11)3/h6-7,12-13,18H,4-5,8-10H2,1-3H3. The fourth-order valence-corrected chi connectivity index (χ4v) is 2.59. The molecule has 2 unspecified atom stereocenters. The minimum absolute atomic E-state index is 0.247. The molecule has 0 saturated carbocycles. The van der Waals surface area contributed by atoms with Crippen molar-refractivity contribution in [1.29, 1.82) is 0 Å². The molecular formula is C13H24N4O. The molecule has 2 atom stereocenters. The van der Waals surface area contributed by atoms with Crippen LogP contribution >= 0.6 is 0 Å². The zero-order valence-corrected chi connectivity index (χ0v) is 11.6. The van der Waals surface area contributed by atoms with Crippen molar-refractivity contribution in [3.63, 3.8) is 0 Å². The molecule has 0 bridgehead atoms. The summed E-state index contributed by atoms with van der Waals surface area (Å²) in [6.07, 6.45) is 3.21. The highest BCUT2D eigenvalue weighted by molar-refractivity contribution is 5.00. The second kappa shape index (κ2) is 5.82. The van der Waals surface area contributed by atoms with Crippen molar-refractivity contribution in [1.82, 2.24) is 19.6 Å². The van der Waals surface area contributed by atoms with Gasteiger partial charge in [-0.1, -0.05) is 0 Å². The first-order valence-electron chi connectivity index (χ1n) is 6.61. The molecule has 0 spiro atoms. The Morgan fingerprint density at radius 3 is 2.83 bits per heavy atom. The first-order chi connectivity index (χ1) is 8.58. The SMILES string of the molecule is CN1CCN(C)C(C(O)CCc2ccnn2C)C1. The summed E-state index contributed by atoms with van der Waals surface area (Å²) in [6.45, 7) is 3.06. The Morgan fingerprint density at radius 2 is 2.17 bits per heavy atom. The van der Waals surface area contributed by atoms with Crippen LogP contribution in [0.1, 0.15) is 12.1 Å². The largest absolute Gasteiger partial charge is 0.391 e. The molecular weight excluding hydrogens is 228 g/mol. The molecule has 0 aromatic carbocycles. The van der Waals surface area contributed by atoms with E-state index in [9.17, 15) is 5.11 Å². The van der Waals surface area contributed by atoms with Crippen molar-refractivity contribution in [2.45, 2.75) is 25.0 Å². The van der Waals surface area contributed by atoms with Gasteiger partial charge in [0, 0.05) is 44.6 Å². The number of rotatable bonds is 4. The van der Waals surface area contributed by atoms with Gasteiger partial charge in [-0.25, -0.2) is 0 Å². The quantitative estimate of drug-likeness (QED) is 0.817. The van der Waals surface area contributed by atoms with E-state index < -0.39 is 0 Å². The third-order valence-corrected chi connectivity index (χ3v) is 3.96. The summed E-state index contributed by atoms with van der Waals surface area (Å²) >= 11 is 0. The van der Waals surface area contributed by atoms with E-state index in [0.29, 0.717) is 0 Å². The topological polar surface area (TPSA) is 44.5 Å². The lowest BCUT2D eigenvalue weighted by molar-refractivity contribution is 0.0109. The van der Waals surface area contributed by atoms with E-state index in [4.69, 9.17) is 0 Å². The molecule has 1 aliphatic heterocycles. The lowest BCUT2D eigenvalue weighted by Crippen LogP contribution is -2.55. The minimum Gasteiger partial charge on any atom is -0.391 e. The Morgan fingerprint density at radius 1 is 1.39 bits per heavy atom. The van der Waals surface area contributed by atoms with Crippen molar-refractivity contribution in [3.8, 4) is 0 Å². The van der Waals surface area contributed by atoms with E-state index in [0.717, 1.165) is 32.5 Å². The highest BCUT2D eigenvalue weighted by atomic mass is 16.3. The zero-order chi connectivity index (χ0) is 13.1. The van der Waals surface area contributed by atoms with Gasteiger partial charge in [-0.05, 0) is 33.0 Å². The summed E-state index contributed by atoms with van der Waals surface area (Å²) in [5.74, 6) is 0. The van der Waals surface area contributed by atoms with Crippen LogP contribution in [0.25, 0.3) is 0 Å². The average molecular weight is 252 g/mol. The van der Waals surface area contributed by atoms with Crippen LogP contribution in [0.3, 0.4) is 0 Å². The summed E-state index contributed by atoms with van der Waals surface area (Å²) in [6, 6.07) is 2.26. The van der Waals surface area contributed by atoms with Gasteiger partial charge in [-0.2, -0.15) is 5.10 Å². The van der Waals surface area contributed by atoms with E-state index >= 15 is 0 Å². The van der Waals surface area contributed by atoms with Crippen molar-refractivity contribution >= 4 is 0 Å². The predicted octanol–water partition coefficient (Wildman–Crippen LogP) is -0.0406. The third kappa shape index (κ3) is 3.10. The number of nitrogens with zero attached hydrogens (tertiary/aromatic N) is 4. The van der Waals surface area contributed by atoms with Gasteiger partial charge in [0.25, 0.3) is 0 Å². The van der Waals surface area contributed by atoms with Crippen LogP contribution in [-0.4, -0.2) is 70.6 Å². The van der Waals surface area contributed by atoms with Crippen LogP contribution < -0.4 is 0 Å². The van der Waals surface area contributed by atoms with Gasteiger partial charge in [0.15, 0.2) is 0 Å². The molecule has 1 aromatic rings. The molecule has 5 nitrogen and oxygen atoms in total. The molecule has 0 radical (unpaired) electrons. The molecule has 5 heteroatoms. The lowest BCUT2D eigenvalue weighted by Gasteiger charge is -2.40. The maximum absolute atomic E-state index is 10.4. The number of hydrogen-bond donors (Lipinski definition) is 1. The summed E-state index contributed by atoms with van der Waals surface area (Å²) in [5.41, 5.74) is 1.18. The maximum atomic E-state index is 10.4. The number of aliphatic hydroxyl groups excluding tert-OH is 1. The molecule has 1 fully saturated rings. The predicted molar refractivity (Wildman–Crippen MR) is 71.5 cm³/mol. The average Bonchev–Trinajstić information content (AvgIpc) is 2.75. The first kappa shape index (κ1) is 13.5. The molecule has 0 amide bonds. The first-order valence-corrected chi connectivity index (χ1v) is 6.61. The monoisotopic (exact) mass is 252 g/mol. The molecule has 0 aliphatic carbocycles. The summed E-state index contributed by atoms with van der Waals surface area (Å²) < 4.78 is 1.88. The van der Waals surface area contributed by atoms with Crippen LogP contribution in [0.2, 0.25) is 0 Å². The Kier molecular flexibility index (Phi) is 4.37. The second-order valence-electron chi connectivity index (χ2n) is 5.36. The smallest absolute Gasteiger partial charge is 0.0711 e. The zero-order valence-electron chi connectivity index (χ0n) is 11.6. The Labute approximate surface area is 109 Å².